The predicted octanol–water partition coefficient (Wildman–Crippen LogP) is 3.73. The smallest absolute Gasteiger partial charge is 0.412 e. The number of nitrogens with one attached hydrogen (secondary N) is 1. The Morgan fingerprint density at radius 3 is 1.74 bits per heavy atom. The van der Waals surface area contributed by atoms with Crippen molar-refractivity contribution in [3.8, 4) is 0 Å². The summed E-state index contributed by atoms with van der Waals surface area (Å²) in [5, 5.41) is -4.48. The molecule has 19 heteroatoms. The third kappa shape index (κ3) is 7.92. The van der Waals surface area contributed by atoms with E-state index in [1.165, 1.54) is 0 Å². The van der Waals surface area contributed by atoms with Crippen molar-refractivity contribution in [3.63, 3.8) is 0 Å². The highest BCUT2D eigenvalue weighted by Crippen LogP contribution is 2.42. The summed E-state index contributed by atoms with van der Waals surface area (Å²) in [4.78, 5) is 23.9. The van der Waals surface area contributed by atoms with E-state index in [1.807, 2.05) is 0 Å². The number of esters is 1. The normalized spacial score (nSPS) is 15.8. The molecule has 0 aromatic heterocycles. The van der Waals surface area contributed by atoms with Crippen LogP contribution in [0.3, 0.4) is 0 Å². The predicted molar refractivity (Wildman–Crippen MR) is 94.6 cm³/mol. The van der Waals surface area contributed by atoms with Gasteiger partial charge in [-0.05, 0) is 27.2 Å². The number of halogens is 10. The van der Waals surface area contributed by atoms with Crippen LogP contribution in [-0.2, 0) is 29.2 Å². The zero-order valence-corrected chi connectivity index (χ0v) is 18.7. The molecule has 0 aliphatic rings. The molecule has 0 saturated carbocycles. The Morgan fingerprint density at radius 2 is 1.40 bits per heavy atom. The van der Waals surface area contributed by atoms with Crippen LogP contribution in [0.5, 0.6) is 0 Å². The number of amides is 1. The molecule has 0 aliphatic carbocycles. The lowest BCUT2D eigenvalue weighted by molar-refractivity contribution is -0.348. The molecule has 0 fully saturated rings. The van der Waals surface area contributed by atoms with Crippen LogP contribution in [-0.4, -0.2) is 66.3 Å². The molecule has 1 amide bonds. The molecular weight excluding hydrogens is 540 g/mol. The summed E-state index contributed by atoms with van der Waals surface area (Å²) < 4.78 is 169. The molecule has 0 rings (SSSR count). The van der Waals surface area contributed by atoms with Gasteiger partial charge < -0.3 is 14.8 Å². The molecule has 0 radical (unpaired) electrons. The van der Waals surface area contributed by atoms with E-state index in [-0.39, 0.29) is 0 Å². The van der Waals surface area contributed by atoms with Gasteiger partial charge in [-0.15, -0.1) is 0 Å². The maximum Gasteiger partial charge on any atom is 0.466 e. The lowest BCUT2D eigenvalue weighted by Crippen LogP contribution is -2.64. The van der Waals surface area contributed by atoms with E-state index in [2.05, 4.69) is 16.1 Å². The monoisotopic (exact) mass is 559 g/mol. The summed E-state index contributed by atoms with van der Waals surface area (Å²) in [6.45, 7) is 3.63. The third-order valence-corrected chi connectivity index (χ3v) is 4.62. The SMILES string of the molecule is C=C(C(=O)OC(OCCCC(F)(F)C(F)(F)S(=O)(=O)O)(C(=O)NC(C)(C)C)C(F)(F)F)C(F)(F)F. The number of hydrogen-bond donors (Lipinski definition) is 2. The number of ether oxygens (including phenoxy) is 2. The molecule has 206 valence electrons. The average molecular weight is 559 g/mol. The Balaban J connectivity index is 6.13. The fraction of sp³-hybridized carbons (Fsp3) is 0.750. The summed E-state index contributed by atoms with van der Waals surface area (Å²) in [7, 11) is -6.68. The first-order valence-electron chi connectivity index (χ1n) is 8.88. The minimum absolute atomic E-state index is 1.08. The van der Waals surface area contributed by atoms with E-state index in [0.29, 0.717) is 0 Å². The molecule has 0 spiro atoms. The van der Waals surface area contributed by atoms with E-state index in [9.17, 15) is 61.9 Å². The van der Waals surface area contributed by atoms with Gasteiger partial charge >= 0.3 is 51.3 Å². The molecule has 35 heavy (non-hydrogen) atoms. The first kappa shape index (κ1) is 32.8. The van der Waals surface area contributed by atoms with Crippen molar-refractivity contribution < 1.29 is 75.9 Å². The largest absolute Gasteiger partial charge is 0.466 e. The van der Waals surface area contributed by atoms with Crippen molar-refractivity contribution >= 4 is 22.0 Å². The molecule has 0 aromatic rings. The highest BCUT2D eigenvalue weighted by Gasteiger charge is 2.68. The van der Waals surface area contributed by atoms with Crippen molar-refractivity contribution in [2.24, 2.45) is 0 Å². The van der Waals surface area contributed by atoms with Gasteiger partial charge in [0.15, 0.2) is 0 Å². The van der Waals surface area contributed by atoms with Crippen LogP contribution in [0.2, 0.25) is 0 Å². The Kier molecular flexibility index (Phi) is 9.46. The molecule has 2 N–H and O–H groups in total. The van der Waals surface area contributed by atoms with E-state index in [1.54, 1.807) is 5.32 Å². The van der Waals surface area contributed by atoms with Crippen LogP contribution in [0.4, 0.5) is 43.9 Å². The van der Waals surface area contributed by atoms with Gasteiger partial charge in [-0.3, -0.25) is 9.35 Å². The molecule has 0 aromatic carbocycles. The van der Waals surface area contributed by atoms with Gasteiger partial charge in [-0.1, -0.05) is 6.58 Å². The van der Waals surface area contributed by atoms with Gasteiger partial charge in [0, 0.05) is 12.0 Å². The molecule has 0 aliphatic heterocycles. The zero-order valence-electron chi connectivity index (χ0n) is 17.9. The van der Waals surface area contributed by atoms with Gasteiger partial charge in [-0.2, -0.15) is 52.3 Å². The average Bonchev–Trinajstić information content (AvgIpc) is 2.58. The van der Waals surface area contributed by atoms with Crippen LogP contribution >= 0.6 is 0 Å². The highest BCUT2D eigenvalue weighted by molar-refractivity contribution is 7.87. The van der Waals surface area contributed by atoms with Crippen LogP contribution in [0.25, 0.3) is 0 Å². The topological polar surface area (TPSA) is 119 Å². The highest BCUT2D eigenvalue weighted by atomic mass is 32.2. The summed E-state index contributed by atoms with van der Waals surface area (Å²) in [5.74, 6) is -15.7. The van der Waals surface area contributed by atoms with Crippen molar-refractivity contribution in [1.82, 2.24) is 5.32 Å². The Hall–Kier alpha value is -2.15. The van der Waals surface area contributed by atoms with E-state index in [4.69, 9.17) is 4.55 Å². The molecule has 0 bridgehead atoms. The maximum absolute atomic E-state index is 13.8. The summed E-state index contributed by atoms with van der Waals surface area (Å²) in [6, 6.07) is 0. The Bertz CT molecular complexity index is 922. The first-order chi connectivity index (χ1) is 15.1. The minimum Gasteiger partial charge on any atom is -0.412 e. The van der Waals surface area contributed by atoms with Crippen molar-refractivity contribution in [2.75, 3.05) is 6.61 Å². The molecule has 8 nitrogen and oxygen atoms in total. The summed E-state index contributed by atoms with van der Waals surface area (Å²) >= 11 is 0. The van der Waals surface area contributed by atoms with Crippen LogP contribution in [0, 0.1) is 0 Å². The second kappa shape index (κ2) is 10.1. The number of alkyl halides is 10. The number of carbonyl (C=O) groups excluding carboxylic acids is 2. The fourth-order valence-corrected chi connectivity index (χ4v) is 2.46. The van der Waals surface area contributed by atoms with Gasteiger partial charge in [-0.25, -0.2) is 4.79 Å². The second-order valence-corrected chi connectivity index (χ2v) is 9.30. The van der Waals surface area contributed by atoms with Crippen molar-refractivity contribution in [3.05, 3.63) is 12.2 Å². The maximum atomic E-state index is 13.8. The third-order valence-electron chi connectivity index (χ3n) is 3.68. The Labute approximate surface area is 191 Å². The molecule has 1 atom stereocenters. The lowest BCUT2D eigenvalue weighted by Gasteiger charge is -2.35. The lowest BCUT2D eigenvalue weighted by atomic mass is 10.1. The quantitative estimate of drug-likeness (QED) is 0.105. The zero-order chi connectivity index (χ0) is 28.5. The summed E-state index contributed by atoms with van der Waals surface area (Å²) in [6.07, 6.45) is -15.7. The van der Waals surface area contributed by atoms with Crippen molar-refractivity contribution in [2.45, 2.75) is 68.5 Å². The summed E-state index contributed by atoms with van der Waals surface area (Å²) in [5.41, 5.74) is -4.08. The van der Waals surface area contributed by atoms with E-state index in [0.717, 1.165) is 20.8 Å². The van der Waals surface area contributed by atoms with Crippen LogP contribution in [0.15, 0.2) is 12.2 Å². The number of rotatable bonds is 10. The van der Waals surface area contributed by atoms with Gasteiger partial charge in [0.05, 0.1) is 6.61 Å². The fourth-order valence-electron chi connectivity index (χ4n) is 1.98. The first-order valence-corrected chi connectivity index (χ1v) is 10.3. The standard InChI is InChI=1S/C16H19F10NO7S/c1-8(14(19,20)21)9(28)34-13(15(22,23)24,10(29)27-11(2,3)4)33-7-5-6-12(17,18)16(25,26)35(30,31)32/h1,5-7H2,2-4H3,(H,27,29)(H,30,31,32). The van der Waals surface area contributed by atoms with Crippen molar-refractivity contribution in [1.29, 1.82) is 0 Å². The Morgan fingerprint density at radius 1 is 0.943 bits per heavy atom. The van der Waals surface area contributed by atoms with Crippen LogP contribution < -0.4 is 5.32 Å². The van der Waals surface area contributed by atoms with Gasteiger partial charge in [0.25, 0.3) is 0 Å². The molecule has 1 unspecified atom stereocenters. The number of hydrogen-bond acceptors (Lipinski definition) is 6. The van der Waals surface area contributed by atoms with E-state index < -0.39 is 81.9 Å². The molecule has 0 heterocycles. The van der Waals surface area contributed by atoms with E-state index >= 15 is 0 Å². The van der Waals surface area contributed by atoms with Gasteiger partial charge in [0.1, 0.15) is 5.57 Å². The molecule has 0 saturated heterocycles. The number of carbonyl (C=O) groups is 2. The molecular formula is C16H19F10NO7S. The van der Waals surface area contributed by atoms with Gasteiger partial charge in [0.2, 0.25) is 0 Å². The van der Waals surface area contributed by atoms with Crippen LogP contribution in [0.1, 0.15) is 33.6 Å². The second-order valence-electron chi connectivity index (χ2n) is 7.83. The minimum atomic E-state index is -6.68.